The van der Waals surface area contributed by atoms with Crippen LogP contribution in [0.15, 0.2) is 30.3 Å². The van der Waals surface area contributed by atoms with Crippen molar-refractivity contribution in [2.75, 3.05) is 39.4 Å². The second-order valence-electron chi connectivity index (χ2n) is 6.32. The van der Waals surface area contributed by atoms with Crippen molar-refractivity contribution in [3.05, 3.63) is 35.9 Å². The monoisotopic (exact) mass is 302 g/mol. The zero-order chi connectivity index (χ0) is 15.2. The third-order valence-corrected chi connectivity index (χ3v) is 4.89. The second-order valence-corrected chi connectivity index (χ2v) is 6.32. The third kappa shape index (κ3) is 3.87. The van der Waals surface area contributed by atoms with Gasteiger partial charge in [-0.25, -0.2) is 0 Å². The normalized spacial score (nSPS) is 24.0. The summed E-state index contributed by atoms with van der Waals surface area (Å²) in [6.45, 7) is 4.96. The number of carbonyl (C=O) groups is 1. The quantitative estimate of drug-likeness (QED) is 0.925. The van der Waals surface area contributed by atoms with E-state index in [4.69, 9.17) is 4.74 Å². The van der Waals surface area contributed by atoms with Crippen molar-refractivity contribution >= 4 is 5.91 Å². The van der Waals surface area contributed by atoms with Gasteiger partial charge in [-0.2, -0.15) is 0 Å². The number of morpholine rings is 1. The van der Waals surface area contributed by atoms with E-state index < -0.39 is 0 Å². The molecule has 0 aromatic heterocycles. The van der Waals surface area contributed by atoms with E-state index in [-0.39, 0.29) is 5.91 Å². The number of hydrogen-bond donors (Lipinski definition) is 1. The summed E-state index contributed by atoms with van der Waals surface area (Å²) in [7, 11) is 0. The van der Waals surface area contributed by atoms with Gasteiger partial charge in [0.25, 0.3) is 0 Å². The lowest BCUT2D eigenvalue weighted by atomic mass is 9.79. The fourth-order valence-corrected chi connectivity index (χ4v) is 3.61. The Labute approximate surface area is 132 Å². The van der Waals surface area contributed by atoms with E-state index in [1.807, 2.05) is 11.0 Å². The van der Waals surface area contributed by atoms with Crippen molar-refractivity contribution in [3.63, 3.8) is 0 Å². The summed E-state index contributed by atoms with van der Waals surface area (Å²) < 4.78 is 5.35. The number of amides is 1. The summed E-state index contributed by atoms with van der Waals surface area (Å²) >= 11 is 0. The summed E-state index contributed by atoms with van der Waals surface area (Å²) in [6, 6.07) is 10.6. The van der Waals surface area contributed by atoms with Gasteiger partial charge in [0.1, 0.15) is 0 Å². The lowest BCUT2D eigenvalue weighted by Gasteiger charge is -2.33. The predicted molar refractivity (Wildman–Crippen MR) is 86.8 cm³/mol. The van der Waals surface area contributed by atoms with E-state index in [1.165, 1.54) is 18.4 Å². The van der Waals surface area contributed by atoms with Gasteiger partial charge >= 0.3 is 0 Å². The fraction of sp³-hybridized carbons (Fsp3) is 0.611. The van der Waals surface area contributed by atoms with Crippen molar-refractivity contribution in [2.24, 2.45) is 5.92 Å². The van der Waals surface area contributed by atoms with Crippen molar-refractivity contribution in [2.45, 2.75) is 25.2 Å². The minimum atomic E-state index is 0.280. The number of hydrogen-bond acceptors (Lipinski definition) is 3. The molecule has 2 heterocycles. The fourth-order valence-electron chi connectivity index (χ4n) is 3.61. The molecular weight excluding hydrogens is 276 g/mol. The number of rotatable bonds is 4. The van der Waals surface area contributed by atoms with E-state index >= 15 is 0 Å². The van der Waals surface area contributed by atoms with Crippen molar-refractivity contribution in [3.8, 4) is 0 Å². The number of nitrogens with one attached hydrogen (secondary N) is 1. The highest BCUT2D eigenvalue weighted by molar-refractivity contribution is 5.77. The van der Waals surface area contributed by atoms with Gasteiger partial charge in [0.2, 0.25) is 5.91 Å². The molecule has 2 saturated heterocycles. The molecule has 1 N–H and O–H groups in total. The summed E-state index contributed by atoms with van der Waals surface area (Å²) in [5.74, 6) is 1.16. The van der Waals surface area contributed by atoms with E-state index in [9.17, 15) is 4.79 Å². The zero-order valence-corrected chi connectivity index (χ0v) is 13.2. The summed E-state index contributed by atoms with van der Waals surface area (Å²) in [5, 5.41) is 3.49. The molecule has 2 aliphatic heterocycles. The smallest absolute Gasteiger partial charge is 0.223 e. The van der Waals surface area contributed by atoms with Crippen molar-refractivity contribution in [1.82, 2.24) is 10.2 Å². The van der Waals surface area contributed by atoms with Gasteiger partial charge in [-0.3, -0.25) is 4.79 Å². The average molecular weight is 302 g/mol. The molecule has 0 radical (unpaired) electrons. The molecular formula is C18H26N2O2. The van der Waals surface area contributed by atoms with Crippen molar-refractivity contribution < 1.29 is 9.53 Å². The van der Waals surface area contributed by atoms with Gasteiger partial charge in [0, 0.05) is 19.5 Å². The maximum Gasteiger partial charge on any atom is 0.223 e. The van der Waals surface area contributed by atoms with Crippen LogP contribution in [0.4, 0.5) is 0 Å². The van der Waals surface area contributed by atoms with Crippen LogP contribution < -0.4 is 5.32 Å². The van der Waals surface area contributed by atoms with Crippen LogP contribution in [0.25, 0.3) is 0 Å². The molecule has 1 aromatic rings. The highest BCUT2D eigenvalue weighted by Gasteiger charge is 2.29. The Morgan fingerprint density at radius 3 is 2.73 bits per heavy atom. The minimum Gasteiger partial charge on any atom is -0.378 e. The molecule has 1 amide bonds. The van der Waals surface area contributed by atoms with E-state index in [1.54, 1.807) is 0 Å². The van der Waals surface area contributed by atoms with Gasteiger partial charge in [0.05, 0.1) is 13.2 Å². The molecule has 0 bridgehead atoms. The molecule has 0 saturated carbocycles. The Morgan fingerprint density at radius 1 is 1.27 bits per heavy atom. The molecule has 4 nitrogen and oxygen atoms in total. The Bertz CT molecular complexity index is 465. The van der Waals surface area contributed by atoms with E-state index in [0.29, 0.717) is 31.5 Å². The first-order valence-corrected chi connectivity index (χ1v) is 8.46. The first-order valence-electron chi connectivity index (χ1n) is 8.46. The molecule has 3 rings (SSSR count). The molecule has 1 aromatic carbocycles. The molecule has 0 unspecified atom stereocenters. The van der Waals surface area contributed by atoms with E-state index in [0.717, 1.165) is 26.2 Å². The maximum atomic E-state index is 12.7. The van der Waals surface area contributed by atoms with Gasteiger partial charge in [-0.1, -0.05) is 30.3 Å². The number of benzene rings is 1. The van der Waals surface area contributed by atoms with Crippen LogP contribution in [0.2, 0.25) is 0 Å². The van der Waals surface area contributed by atoms with Crippen molar-refractivity contribution in [1.29, 1.82) is 0 Å². The molecule has 120 valence electrons. The Balaban J connectivity index is 1.71. The highest BCUT2D eigenvalue weighted by atomic mass is 16.5. The lowest BCUT2D eigenvalue weighted by molar-refractivity contribution is -0.136. The maximum absolute atomic E-state index is 12.7. The number of ether oxygens (including phenoxy) is 1. The van der Waals surface area contributed by atoms with Crippen LogP contribution >= 0.6 is 0 Å². The predicted octanol–water partition coefficient (Wildman–Crippen LogP) is 2.02. The molecule has 2 fully saturated rings. The number of piperidine rings is 1. The summed E-state index contributed by atoms with van der Waals surface area (Å²) in [4.78, 5) is 14.6. The number of carbonyl (C=O) groups excluding carboxylic acids is 1. The standard InChI is InChI=1S/C18H26N2O2/c21-18(20-9-11-22-12-10-20)13-17(15-5-2-1-3-6-15)16-7-4-8-19-14-16/h1-3,5-6,16-17,19H,4,7-14H2/t16-,17-/m0/s1. The van der Waals surface area contributed by atoms with Crippen LogP contribution in [0.3, 0.4) is 0 Å². The first-order chi connectivity index (χ1) is 10.8. The topological polar surface area (TPSA) is 41.6 Å². The zero-order valence-electron chi connectivity index (χ0n) is 13.2. The van der Waals surface area contributed by atoms with Crippen LogP contribution in [0.1, 0.15) is 30.7 Å². The molecule has 4 heteroatoms. The molecule has 22 heavy (non-hydrogen) atoms. The molecule has 0 spiro atoms. The van der Waals surface area contributed by atoms with Crippen LogP contribution in [-0.2, 0) is 9.53 Å². The summed E-state index contributed by atoms with van der Waals surface area (Å²) in [6.07, 6.45) is 3.04. The Kier molecular flexibility index (Phi) is 5.46. The first kappa shape index (κ1) is 15.5. The number of nitrogens with zero attached hydrogens (tertiary/aromatic N) is 1. The Hall–Kier alpha value is -1.39. The second kappa shape index (κ2) is 7.75. The van der Waals surface area contributed by atoms with Gasteiger partial charge in [0.15, 0.2) is 0 Å². The molecule has 2 aliphatic rings. The Morgan fingerprint density at radius 2 is 2.05 bits per heavy atom. The minimum absolute atomic E-state index is 0.280. The highest BCUT2D eigenvalue weighted by Crippen LogP contribution is 2.33. The van der Waals surface area contributed by atoms with Gasteiger partial charge in [-0.15, -0.1) is 0 Å². The summed E-state index contributed by atoms with van der Waals surface area (Å²) in [5.41, 5.74) is 1.30. The van der Waals surface area contributed by atoms with Crippen LogP contribution in [0.5, 0.6) is 0 Å². The van der Waals surface area contributed by atoms with Gasteiger partial charge in [-0.05, 0) is 43.3 Å². The van der Waals surface area contributed by atoms with Crippen LogP contribution in [-0.4, -0.2) is 50.2 Å². The SMILES string of the molecule is O=C(C[C@@H](c1ccccc1)[C@H]1CCCNC1)N1CCOCC1. The third-order valence-electron chi connectivity index (χ3n) is 4.89. The lowest BCUT2D eigenvalue weighted by Crippen LogP contribution is -2.42. The van der Waals surface area contributed by atoms with Gasteiger partial charge < -0.3 is 15.0 Å². The van der Waals surface area contributed by atoms with Crippen LogP contribution in [0, 0.1) is 5.92 Å². The molecule has 0 aliphatic carbocycles. The molecule has 2 atom stereocenters. The largest absolute Gasteiger partial charge is 0.378 e. The average Bonchev–Trinajstić information content (AvgIpc) is 2.62. The van der Waals surface area contributed by atoms with E-state index in [2.05, 4.69) is 29.6 Å².